The lowest BCUT2D eigenvalue weighted by atomic mass is 10.2. The van der Waals surface area contributed by atoms with Crippen LogP contribution in [-0.2, 0) is 9.59 Å². The molecule has 0 aromatic heterocycles. The smallest absolute Gasteiger partial charge is 0.266 e. The van der Waals surface area contributed by atoms with E-state index >= 15 is 0 Å². The highest BCUT2D eigenvalue weighted by Crippen LogP contribution is 2.34. The Bertz CT molecular complexity index is 797. The van der Waals surface area contributed by atoms with Gasteiger partial charge in [0.15, 0.2) is 11.5 Å². The van der Waals surface area contributed by atoms with Crippen LogP contribution in [0.2, 0.25) is 0 Å². The molecule has 1 N–H and O–H groups in total. The average Bonchev–Trinajstić information content (AvgIpc) is 2.98. The molecule has 158 valence electrons. The van der Waals surface area contributed by atoms with Crippen LogP contribution in [0, 0.1) is 0 Å². The van der Waals surface area contributed by atoms with E-state index in [2.05, 4.69) is 0 Å². The molecule has 0 saturated carbocycles. The molecule has 1 fully saturated rings. The monoisotopic (exact) mass is 438 g/mol. The topological polar surface area (TPSA) is 79.3 Å². The highest BCUT2D eigenvalue weighted by atomic mass is 32.2. The molecule has 2 amide bonds. The van der Waals surface area contributed by atoms with Crippen LogP contribution in [0.3, 0.4) is 0 Å². The molecule has 0 unspecified atom stereocenters. The number of ether oxygens (including phenoxy) is 2. The van der Waals surface area contributed by atoms with Gasteiger partial charge in [-0.2, -0.15) is 0 Å². The fourth-order valence-corrected chi connectivity index (χ4v) is 4.22. The molecule has 29 heavy (non-hydrogen) atoms. The number of carbonyl (C=O) groups is 2. The maximum absolute atomic E-state index is 12.7. The summed E-state index contributed by atoms with van der Waals surface area (Å²) in [5.41, 5.74) is 0.806. The fraction of sp³-hybridized carbons (Fsp3) is 0.450. The number of carbonyl (C=O) groups excluding carboxylic acids is 2. The zero-order valence-corrected chi connectivity index (χ0v) is 18.5. The van der Waals surface area contributed by atoms with Gasteiger partial charge in [0.2, 0.25) is 5.91 Å². The van der Waals surface area contributed by atoms with Crippen molar-refractivity contribution < 1.29 is 24.2 Å². The van der Waals surface area contributed by atoms with Gasteiger partial charge >= 0.3 is 0 Å². The number of amides is 2. The average molecular weight is 439 g/mol. The normalized spacial score (nSPS) is 15.2. The van der Waals surface area contributed by atoms with E-state index in [-0.39, 0.29) is 18.4 Å². The Kier molecular flexibility index (Phi) is 8.94. The van der Waals surface area contributed by atoms with Crippen molar-refractivity contribution in [1.29, 1.82) is 0 Å². The third kappa shape index (κ3) is 5.94. The molecule has 1 aromatic carbocycles. The maximum atomic E-state index is 12.7. The summed E-state index contributed by atoms with van der Waals surface area (Å²) in [5.74, 6) is 1.00. The SMILES string of the molecule is CCN(CCO)C(=O)CCCN1C(=O)C(=Cc2ccc(OC)c(OC)c2)SC1=S. The molecule has 0 radical (unpaired) electrons. The molecule has 1 aliphatic rings. The molecule has 0 atom stereocenters. The van der Waals surface area contributed by atoms with Crippen LogP contribution in [-0.4, -0.2) is 71.5 Å². The lowest BCUT2D eigenvalue weighted by molar-refractivity contribution is -0.132. The Hall–Kier alpha value is -2.10. The van der Waals surface area contributed by atoms with Crippen molar-refractivity contribution in [2.45, 2.75) is 19.8 Å². The standard InChI is InChI=1S/C20H26N2O5S2/c1-4-21(10-11-23)18(24)6-5-9-22-19(25)17(29-20(22)28)13-14-7-8-15(26-2)16(12-14)27-3/h7-8,12-13,23H,4-6,9-11H2,1-3H3. The van der Waals surface area contributed by atoms with Crippen LogP contribution >= 0.6 is 24.0 Å². The Balaban J connectivity index is 2.00. The number of benzene rings is 1. The molecule has 1 heterocycles. The predicted molar refractivity (Wildman–Crippen MR) is 118 cm³/mol. The summed E-state index contributed by atoms with van der Waals surface area (Å²) in [4.78, 5) is 28.6. The number of rotatable bonds is 10. The van der Waals surface area contributed by atoms with Crippen molar-refractivity contribution in [1.82, 2.24) is 9.80 Å². The molecule has 0 aliphatic carbocycles. The van der Waals surface area contributed by atoms with Crippen molar-refractivity contribution >= 4 is 46.2 Å². The van der Waals surface area contributed by atoms with Crippen molar-refractivity contribution in [2.75, 3.05) is 40.5 Å². The first-order chi connectivity index (χ1) is 13.9. The number of likely N-dealkylation sites (N-methyl/N-ethyl adjacent to an activating group) is 1. The fourth-order valence-electron chi connectivity index (χ4n) is 2.91. The summed E-state index contributed by atoms with van der Waals surface area (Å²) in [6, 6.07) is 5.42. The highest BCUT2D eigenvalue weighted by Gasteiger charge is 2.31. The quantitative estimate of drug-likeness (QED) is 0.444. The number of thioether (sulfide) groups is 1. The summed E-state index contributed by atoms with van der Waals surface area (Å²) in [7, 11) is 3.12. The molecule has 2 rings (SSSR count). The molecule has 1 aliphatic heterocycles. The number of aliphatic hydroxyl groups is 1. The molecule has 0 spiro atoms. The van der Waals surface area contributed by atoms with Crippen LogP contribution < -0.4 is 9.47 Å². The van der Waals surface area contributed by atoms with Crippen molar-refractivity contribution in [3.05, 3.63) is 28.7 Å². The van der Waals surface area contributed by atoms with E-state index < -0.39 is 0 Å². The summed E-state index contributed by atoms with van der Waals surface area (Å²) < 4.78 is 11.0. The van der Waals surface area contributed by atoms with E-state index in [0.717, 1.165) is 5.56 Å². The first-order valence-electron chi connectivity index (χ1n) is 9.31. The van der Waals surface area contributed by atoms with Crippen LogP contribution in [0.5, 0.6) is 11.5 Å². The molecular formula is C20H26N2O5S2. The van der Waals surface area contributed by atoms with Gasteiger partial charge in [-0.1, -0.05) is 30.0 Å². The highest BCUT2D eigenvalue weighted by molar-refractivity contribution is 8.26. The van der Waals surface area contributed by atoms with Crippen molar-refractivity contribution in [2.24, 2.45) is 0 Å². The minimum absolute atomic E-state index is 0.0344. The Labute approximate surface area is 180 Å². The Morgan fingerprint density at radius 2 is 2.03 bits per heavy atom. The zero-order chi connectivity index (χ0) is 21.4. The van der Waals surface area contributed by atoms with Crippen LogP contribution in [0.25, 0.3) is 6.08 Å². The first kappa shape index (κ1) is 23.2. The van der Waals surface area contributed by atoms with E-state index in [1.165, 1.54) is 16.7 Å². The molecule has 0 bridgehead atoms. The minimum atomic E-state index is -0.162. The van der Waals surface area contributed by atoms with Crippen LogP contribution in [0.4, 0.5) is 0 Å². The van der Waals surface area contributed by atoms with Gasteiger partial charge in [0.25, 0.3) is 5.91 Å². The van der Waals surface area contributed by atoms with Crippen molar-refractivity contribution in [3.63, 3.8) is 0 Å². The van der Waals surface area contributed by atoms with Gasteiger partial charge in [-0.3, -0.25) is 14.5 Å². The largest absolute Gasteiger partial charge is 0.493 e. The third-order valence-corrected chi connectivity index (χ3v) is 5.83. The Morgan fingerprint density at radius 3 is 2.66 bits per heavy atom. The van der Waals surface area contributed by atoms with Gasteiger partial charge in [0.05, 0.1) is 25.7 Å². The van der Waals surface area contributed by atoms with E-state index in [1.807, 2.05) is 13.0 Å². The van der Waals surface area contributed by atoms with Gasteiger partial charge in [0, 0.05) is 26.1 Å². The number of nitrogens with zero attached hydrogens (tertiary/aromatic N) is 2. The van der Waals surface area contributed by atoms with Gasteiger partial charge in [-0.05, 0) is 37.1 Å². The molecule has 1 saturated heterocycles. The lowest BCUT2D eigenvalue weighted by Crippen LogP contribution is -2.34. The van der Waals surface area contributed by atoms with E-state index in [1.54, 1.807) is 37.3 Å². The number of hydrogen-bond acceptors (Lipinski definition) is 7. The van der Waals surface area contributed by atoms with Crippen LogP contribution in [0.15, 0.2) is 23.1 Å². The molecular weight excluding hydrogens is 412 g/mol. The summed E-state index contributed by atoms with van der Waals surface area (Å²) in [6.07, 6.45) is 2.59. The van der Waals surface area contributed by atoms with Gasteiger partial charge < -0.3 is 19.5 Å². The van der Waals surface area contributed by atoms with E-state index in [9.17, 15) is 9.59 Å². The molecule has 9 heteroatoms. The summed E-state index contributed by atoms with van der Waals surface area (Å²) in [5, 5.41) is 9.01. The Morgan fingerprint density at radius 1 is 1.31 bits per heavy atom. The minimum Gasteiger partial charge on any atom is -0.493 e. The zero-order valence-electron chi connectivity index (χ0n) is 16.8. The van der Waals surface area contributed by atoms with Gasteiger partial charge in [-0.25, -0.2) is 0 Å². The predicted octanol–water partition coefficient (Wildman–Crippen LogP) is 2.53. The second-order valence-corrected chi connectivity index (χ2v) is 7.92. The first-order valence-corrected chi connectivity index (χ1v) is 10.5. The third-order valence-electron chi connectivity index (χ3n) is 4.46. The number of methoxy groups -OCH3 is 2. The summed E-state index contributed by atoms with van der Waals surface area (Å²) >= 11 is 6.59. The van der Waals surface area contributed by atoms with Crippen LogP contribution in [0.1, 0.15) is 25.3 Å². The molecule has 1 aromatic rings. The molecule has 7 nitrogen and oxygen atoms in total. The van der Waals surface area contributed by atoms with E-state index in [0.29, 0.717) is 53.2 Å². The number of aliphatic hydroxyl groups excluding tert-OH is 1. The second kappa shape index (κ2) is 11.2. The van der Waals surface area contributed by atoms with Crippen molar-refractivity contribution in [3.8, 4) is 11.5 Å². The summed E-state index contributed by atoms with van der Waals surface area (Å²) in [6.45, 7) is 3.07. The van der Waals surface area contributed by atoms with Gasteiger partial charge in [-0.15, -0.1) is 0 Å². The maximum Gasteiger partial charge on any atom is 0.266 e. The number of hydrogen-bond donors (Lipinski definition) is 1. The van der Waals surface area contributed by atoms with E-state index in [4.69, 9.17) is 26.8 Å². The number of thiocarbonyl (C=S) groups is 1. The lowest BCUT2D eigenvalue weighted by Gasteiger charge is -2.20. The second-order valence-electron chi connectivity index (χ2n) is 6.25. The van der Waals surface area contributed by atoms with Gasteiger partial charge in [0.1, 0.15) is 4.32 Å².